The zero-order chi connectivity index (χ0) is 23.3. The van der Waals surface area contributed by atoms with Gasteiger partial charge in [-0.2, -0.15) is 0 Å². The SMILES string of the molecule is CN1CCN(C(=O)c2ccc(-c3cnc(NC4CCCCC4)nc3)cc2)C(c2ccccc2)C1. The maximum Gasteiger partial charge on any atom is 0.254 e. The van der Waals surface area contributed by atoms with E-state index in [0.29, 0.717) is 17.6 Å². The summed E-state index contributed by atoms with van der Waals surface area (Å²) in [5.41, 5.74) is 3.86. The van der Waals surface area contributed by atoms with Crippen molar-refractivity contribution in [1.29, 1.82) is 0 Å². The molecule has 1 N–H and O–H groups in total. The molecule has 1 saturated heterocycles. The summed E-state index contributed by atoms with van der Waals surface area (Å²) in [4.78, 5) is 26.8. The smallest absolute Gasteiger partial charge is 0.254 e. The van der Waals surface area contributed by atoms with E-state index in [1.165, 1.54) is 37.7 Å². The number of amides is 1. The van der Waals surface area contributed by atoms with Gasteiger partial charge >= 0.3 is 0 Å². The molecule has 1 aliphatic heterocycles. The Labute approximate surface area is 202 Å². The quantitative estimate of drug-likeness (QED) is 0.586. The molecule has 34 heavy (non-hydrogen) atoms. The molecule has 0 bridgehead atoms. The maximum atomic E-state index is 13.4. The number of nitrogens with zero attached hydrogens (tertiary/aromatic N) is 4. The average Bonchev–Trinajstić information content (AvgIpc) is 2.90. The number of aromatic nitrogens is 2. The fraction of sp³-hybridized carbons (Fsp3) is 0.393. The van der Waals surface area contributed by atoms with Gasteiger partial charge in [-0.05, 0) is 43.1 Å². The predicted octanol–water partition coefficient (Wildman–Crippen LogP) is 5.02. The molecule has 0 spiro atoms. The van der Waals surface area contributed by atoms with Gasteiger partial charge in [-0.25, -0.2) is 9.97 Å². The Morgan fingerprint density at radius 3 is 2.29 bits per heavy atom. The zero-order valence-corrected chi connectivity index (χ0v) is 19.9. The molecule has 2 aliphatic rings. The summed E-state index contributed by atoms with van der Waals surface area (Å²) in [6.45, 7) is 2.44. The topological polar surface area (TPSA) is 61.4 Å². The number of piperazine rings is 1. The summed E-state index contributed by atoms with van der Waals surface area (Å²) in [6, 6.07) is 18.7. The monoisotopic (exact) mass is 455 g/mol. The summed E-state index contributed by atoms with van der Waals surface area (Å²) < 4.78 is 0. The fourth-order valence-electron chi connectivity index (χ4n) is 5.08. The molecule has 1 atom stereocenters. The first-order chi connectivity index (χ1) is 16.7. The van der Waals surface area contributed by atoms with Crippen molar-refractivity contribution in [2.24, 2.45) is 0 Å². The lowest BCUT2D eigenvalue weighted by Crippen LogP contribution is -2.49. The third-order valence-electron chi connectivity index (χ3n) is 7.08. The molecule has 2 fully saturated rings. The number of hydrogen-bond donors (Lipinski definition) is 1. The highest BCUT2D eigenvalue weighted by Gasteiger charge is 2.30. The Morgan fingerprint density at radius 1 is 0.882 bits per heavy atom. The second-order valence-corrected chi connectivity index (χ2v) is 9.54. The van der Waals surface area contributed by atoms with E-state index in [4.69, 9.17) is 0 Å². The number of carbonyl (C=O) groups excluding carboxylic acids is 1. The molecule has 2 aromatic carbocycles. The van der Waals surface area contributed by atoms with Gasteiger partial charge in [0.2, 0.25) is 5.95 Å². The summed E-state index contributed by atoms with van der Waals surface area (Å²) in [5.74, 6) is 0.779. The van der Waals surface area contributed by atoms with E-state index in [0.717, 1.165) is 30.8 Å². The van der Waals surface area contributed by atoms with Crippen LogP contribution in [-0.4, -0.2) is 58.4 Å². The zero-order valence-electron chi connectivity index (χ0n) is 19.9. The van der Waals surface area contributed by atoms with Gasteiger partial charge in [0.05, 0.1) is 6.04 Å². The molecule has 6 heteroatoms. The molecule has 6 nitrogen and oxygen atoms in total. The number of carbonyl (C=O) groups is 1. The van der Waals surface area contributed by atoms with Crippen LogP contribution in [0.5, 0.6) is 0 Å². The summed E-state index contributed by atoms with van der Waals surface area (Å²) in [5, 5.41) is 3.46. The van der Waals surface area contributed by atoms with Gasteiger partial charge in [-0.3, -0.25) is 4.79 Å². The predicted molar refractivity (Wildman–Crippen MR) is 136 cm³/mol. The third-order valence-corrected chi connectivity index (χ3v) is 7.08. The second-order valence-electron chi connectivity index (χ2n) is 9.54. The second kappa shape index (κ2) is 10.3. The van der Waals surface area contributed by atoms with E-state index in [9.17, 15) is 4.79 Å². The first-order valence-electron chi connectivity index (χ1n) is 12.4. The van der Waals surface area contributed by atoms with Crippen molar-refractivity contribution >= 4 is 11.9 Å². The fourth-order valence-corrected chi connectivity index (χ4v) is 5.08. The van der Waals surface area contributed by atoms with Gasteiger partial charge in [-0.1, -0.05) is 61.7 Å². The molecule has 1 aromatic heterocycles. The Balaban J connectivity index is 1.28. The minimum atomic E-state index is 0.0599. The third kappa shape index (κ3) is 5.12. The Hall–Kier alpha value is -3.25. The molecule has 5 rings (SSSR count). The molecule has 1 amide bonds. The van der Waals surface area contributed by atoms with Crippen LogP contribution in [0.1, 0.15) is 54.1 Å². The van der Waals surface area contributed by atoms with E-state index in [-0.39, 0.29) is 11.9 Å². The summed E-state index contributed by atoms with van der Waals surface area (Å²) in [6.07, 6.45) is 10.0. The first kappa shape index (κ1) is 22.5. The highest BCUT2D eigenvalue weighted by Crippen LogP contribution is 2.28. The van der Waals surface area contributed by atoms with Crippen molar-refractivity contribution in [2.75, 3.05) is 32.0 Å². The average molecular weight is 456 g/mol. The van der Waals surface area contributed by atoms with E-state index in [1.54, 1.807) is 0 Å². The Bertz CT molecular complexity index is 1080. The summed E-state index contributed by atoms with van der Waals surface area (Å²) >= 11 is 0. The van der Waals surface area contributed by atoms with Crippen LogP contribution in [0.4, 0.5) is 5.95 Å². The Kier molecular flexibility index (Phi) is 6.86. The van der Waals surface area contributed by atoms with Crippen molar-refractivity contribution < 1.29 is 4.79 Å². The van der Waals surface area contributed by atoms with Gasteiger partial charge in [0.15, 0.2) is 0 Å². The van der Waals surface area contributed by atoms with Crippen molar-refractivity contribution in [3.8, 4) is 11.1 Å². The molecular formula is C28H33N5O. The van der Waals surface area contributed by atoms with Crippen LogP contribution in [0.2, 0.25) is 0 Å². The standard InChI is InChI=1S/C28H33N5O/c1-32-16-17-33(26(20-32)22-8-4-2-5-9-22)27(34)23-14-12-21(13-15-23)24-18-29-28(30-19-24)31-25-10-6-3-7-11-25/h2,4-5,8-9,12-15,18-19,25-26H,3,6-7,10-11,16-17,20H2,1H3,(H,29,30,31). The molecular weight excluding hydrogens is 422 g/mol. The van der Waals surface area contributed by atoms with Crippen LogP contribution in [0.15, 0.2) is 67.0 Å². The summed E-state index contributed by atoms with van der Waals surface area (Å²) in [7, 11) is 2.12. The van der Waals surface area contributed by atoms with Crippen molar-refractivity contribution in [3.05, 3.63) is 78.1 Å². The van der Waals surface area contributed by atoms with Crippen LogP contribution in [-0.2, 0) is 0 Å². The number of nitrogens with one attached hydrogen (secondary N) is 1. The minimum absolute atomic E-state index is 0.0599. The van der Waals surface area contributed by atoms with Gasteiger partial charge in [0.1, 0.15) is 0 Å². The van der Waals surface area contributed by atoms with Gasteiger partial charge in [0, 0.05) is 49.2 Å². The Morgan fingerprint density at radius 2 is 1.59 bits per heavy atom. The highest BCUT2D eigenvalue weighted by molar-refractivity contribution is 5.95. The number of rotatable bonds is 5. The van der Waals surface area contributed by atoms with Gasteiger partial charge < -0.3 is 15.1 Å². The molecule has 176 valence electrons. The van der Waals surface area contributed by atoms with Crippen LogP contribution >= 0.6 is 0 Å². The van der Waals surface area contributed by atoms with E-state index >= 15 is 0 Å². The van der Waals surface area contributed by atoms with Crippen LogP contribution in [0, 0.1) is 0 Å². The van der Waals surface area contributed by atoms with Gasteiger partial charge in [0.25, 0.3) is 5.91 Å². The molecule has 1 saturated carbocycles. The molecule has 0 radical (unpaired) electrons. The van der Waals surface area contributed by atoms with Crippen LogP contribution < -0.4 is 5.32 Å². The number of benzene rings is 2. The van der Waals surface area contributed by atoms with E-state index in [1.807, 2.05) is 59.8 Å². The normalized spacial score (nSPS) is 19.7. The van der Waals surface area contributed by atoms with Crippen molar-refractivity contribution in [3.63, 3.8) is 0 Å². The van der Waals surface area contributed by atoms with Crippen molar-refractivity contribution in [2.45, 2.75) is 44.2 Å². The molecule has 1 aliphatic carbocycles. The lowest BCUT2D eigenvalue weighted by atomic mass is 9.96. The van der Waals surface area contributed by atoms with Crippen LogP contribution in [0.3, 0.4) is 0 Å². The van der Waals surface area contributed by atoms with Crippen LogP contribution in [0.25, 0.3) is 11.1 Å². The van der Waals surface area contributed by atoms with Crippen molar-refractivity contribution in [1.82, 2.24) is 19.8 Å². The van der Waals surface area contributed by atoms with E-state index < -0.39 is 0 Å². The van der Waals surface area contributed by atoms with Gasteiger partial charge in [-0.15, -0.1) is 0 Å². The molecule has 2 heterocycles. The minimum Gasteiger partial charge on any atom is -0.351 e. The lowest BCUT2D eigenvalue weighted by molar-refractivity contribution is 0.0498. The largest absolute Gasteiger partial charge is 0.351 e. The number of anilines is 1. The number of likely N-dealkylation sites (N-methyl/N-ethyl adjacent to an activating group) is 1. The highest BCUT2D eigenvalue weighted by atomic mass is 16.2. The first-order valence-corrected chi connectivity index (χ1v) is 12.4. The lowest BCUT2D eigenvalue weighted by Gasteiger charge is -2.40. The molecule has 1 unspecified atom stereocenters. The maximum absolute atomic E-state index is 13.4. The van der Waals surface area contributed by atoms with E-state index in [2.05, 4.69) is 39.4 Å². The number of hydrogen-bond acceptors (Lipinski definition) is 5. The molecule has 3 aromatic rings.